The molecular weight excluding hydrogens is 228 g/mol. The van der Waals surface area contributed by atoms with Crippen molar-refractivity contribution in [1.82, 2.24) is 0 Å². The third-order valence-corrected chi connectivity index (χ3v) is 2.19. The molecule has 0 saturated carbocycles. The van der Waals surface area contributed by atoms with Gasteiger partial charge < -0.3 is 0 Å². The zero-order chi connectivity index (χ0) is 9.90. The summed E-state index contributed by atoms with van der Waals surface area (Å²) in [4.78, 5) is 0. The van der Waals surface area contributed by atoms with E-state index in [9.17, 15) is 0 Å². The molecule has 1 rings (SSSR count). The van der Waals surface area contributed by atoms with Crippen LogP contribution in [0.2, 0.25) is 5.02 Å². The van der Waals surface area contributed by atoms with E-state index in [0.29, 0.717) is 11.4 Å². The molecule has 0 bridgehead atoms. The first kappa shape index (κ1) is 10.7. The summed E-state index contributed by atoms with van der Waals surface area (Å²) in [6, 6.07) is 8.85. The SMILES string of the molecule is N#CC(Cl)(Cl)Cc1ccc(Cl)cc1. The van der Waals surface area contributed by atoms with Crippen molar-refractivity contribution in [2.24, 2.45) is 0 Å². The first-order chi connectivity index (χ1) is 6.03. The Hall–Kier alpha value is -0.420. The average molecular weight is 235 g/mol. The largest absolute Gasteiger partial charge is 0.207 e. The Morgan fingerprint density at radius 3 is 2.23 bits per heavy atom. The molecule has 0 N–H and O–H groups in total. The molecule has 13 heavy (non-hydrogen) atoms. The fraction of sp³-hybridized carbons (Fsp3) is 0.222. The fourth-order valence-electron chi connectivity index (χ4n) is 0.898. The van der Waals surface area contributed by atoms with E-state index in [1.165, 1.54) is 0 Å². The second-order valence-corrected chi connectivity index (χ2v) is 4.54. The average Bonchev–Trinajstić information content (AvgIpc) is 2.09. The summed E-state index contributed by atoms with van der Waals surface area (Å²) in [5, 5.41) is 9.22. The number of hydrogen-bond acceptors (Lipinski definition) is 1. The van der Waals surface area contributed by atoms with Crippen molar-refractivity contribution in [2.75, 3.05) is 0 Å². The second-order valence-electron chi connectivity index (χ2n) is 2.62. The summed E-state index contributed by atoms with van der Waals surface area (Å²) in [7, 11) is 0. The lowest BCUT2D eigenvalue weighted by Gasteiger charge is -2.09. The molecule has 1 aromatic rings. The van der Waals surface area contributed by atoms with E-state index >= 15 is 0 Å². The molecule has 0 aliphatic rings. The van der Waals surface area contributed by atoms with Crippen LogP contribution in [0.25, 0.3) is 0 Å². The fourth-order valence-corrected chi connectivity index (χ4v) is 1.33. The lowest BCUT2D eigenvalue weighted by molar-refractivity contribution is 0.946. The van der Waals surface area contributed by atoms with Crippen molar-refractivity contribution in [2.45, 2.75) is 10.8 Å². The van der Waals surface area contributed by atoms with Crippen molar-refractivity contribution in [1.29, 1.82) is 5.26 Å². The first-order valence-electron chi connectivity index (χ1n) is 3.57. The Kier molecular flexibility index (Phi) is 3.44. The summed E-state index contributed by atoms with van der Waals surface area (Å²) in [6.07, 6.45) is 0.295. The topological polar surface area (TPSA) is 23.8 Å². The standard InChI is InChI=1S/C9H6Cl3N/c10-8-3-1-7(2-4-8)5-9(11,12)6-13/h1-4H,5H2. The van der Waals surface area contributed by atoms with Crippen LogP contribution in [0, 0.1) is 11.3 Å². The number of hydrogen-bond donors (Lipinski definition) is 0. The maximum absolute atomic E-state index is 8.57. The third-order valence-electron chi connectivity index (χ3n) is 1.50. The van der Waals surface area contributed by atoms with Crippen LogP contribution in [-0.2, 0) is 6.42 Å². The van der Waals surface area contributed by atoms with E-state index < -0.39 is 4.33 Å². The molecule has 0 spiro atoms. The van der Waals surface area contributed by atoms with E-state index in [4.69, 9.17) is 40.1 Å². The van der Waals surface area contributed by atoms with Gasteiger partial charge in [-0.05, 0) is 17.7 Å². The summed E-state index contributed by atoms with van der Waals surface area (Å²) in [5.41, 5.74) is 0.885. The van der Waals surface area contributed by atoms with Gasteiger partial charge in [-0.3, -0.25) is 0 Å². The summed E-state index contributed by atoms with van der Waals surface area (Å²) >= 11 is 17.0. The monoisotopic (exact) mass is 233 g/mol. The lowest BCUT2D eigenvalue weighted by Crippen LogP contribution is -2.12. The lowest BCUT2D eigenvalue weighted by atomic mass is 10.1. The van der Waals surface area contributed by atoms with Crippen LogP contribution in [-0.4, -0.2) is 4.33 Å². The molecule has 0 radical (unpaired) electrons. The maximum atomic E-state index is 8.57. The number of halogens is 3. The molecule has 0 aliphatic heterocycles. The summed E-state index contributed by atoms with van der Waals surface area (Å²) < 4.78 is -1.35. The molecular formula is C9H6Cl3N. The minimum Gasteiger partial charge on any atom is -0.195 e. The molecule has 0 amide bonds. The minimum atomic E-state index is -1.35. The quantitative estimate of drug-likeness (QED) is 0.718. The highest BCUT2D eigenvalue weighted by atomic mass is 35.5. The predicted molar refractivity (Wildman–Crippen MR) is 55.2 cm³/mol. The molecule has 0 atom stereocenters. The Labute approximate surface area is 91.8 Å². The van der Waals surface area contributed by atoms with E-state index in [-0.39, 0.29) is 0 Å². The summed E-state index contributed by atoms with van der Waals surface area (Å²) in [5.74, 6) is 0. The zero-order valence-corrected chi connectivity index (χ0v) is 8.87. The molecule has 0 unspecified atom stereocenters. The van der Waals surface area contributed by atoms with Crippen molar-refractivity contribution in [3.8, 4) is 6.07 Å². The van der Waals surface area contributed by atoms with Crippen LogP contribution < -0.4 is 0 Å². The van der Waals surface area contributed by atoms with Gasteiger partial charge in [0.05, 0.1) is 0 Å². The van der Waals surface area contributed by atoms with Crippen LogP contribution in [0.4, 0.5) is 0 Å². The van der Waals surface area contributed by atoms with Crippen molar-refractivity contribution < 1.29 is 0 Å². The summed E-state index contributed by atoms with van der Waals surface area (Å²) in [6.45, 7) is 0. The van der Waals surface area contributed by atoms with Gasteiger partial charge in [0.2, 0.25) is 4.33 Å². The highest BCUT2D eigenvalue weighted by Gasteiger charge is 2.23. The number of alkyl halides is 2. The van der Waals surface area contributed by atoms with Crippen molar-refractivity contribution in [3.05, 3.63) is 34.9 Å². The first-order valence-corrected chi connectivity index (χ1v) is 4.70. The Morgan fingerprint density at radius 1 is 1.23 bits per heavy atom. The van der Waals surface area contributed by atoms with Crippen LogP contribution >= 0.6 is 34.8 Å². The van der Waals surface area contributed by atoms with Crippen molar-refractivity contribution in [3.63, 3.8) is 0 Å². The smallest absolute Gasteiger partial charge is 0.195 e. The predicted octanol–water partition coefficient (Wildman–Crippen LogP) is 3.58. The molecule has 0 saturated heterocycles. The zero-order valence-electron chi connectivity index (χ0n) is 6.60. The molecule has 68 valence electrons. The second kappa shape index (κ2) is 4.19. The Bertz CT molecular complexity index is 324. The van der Waals surface area contributed by atoms with Gasteiger partial charge in [0.1, 0.15) is 6.07 Å². The Balaban J connectivity index is 2.77. The highest BCUT2D eigenvalue weighted by Crippen LogP contribution is 2.25. The van der Waals surface area contributed by atoms with E-state index in [1.54, 1.807) is 30.3 Å². The van der Waals surface area contributed by atoms with E-state index in [2.05, 4.69) is 0 Å². The molecule has 0 aromatic heterocycles. The van der Waals surface area contributed by atoms with Crippen LogP contribution in [0.5, 0.6) is 0 Å². The third kappa shape index (κ3) is 3.44. The van der Waals surface area contributed by atoms with Crippen LogP contribution in [0.1, 0.15) is 5.56 Å². The van der Waals surface area contributed by atoms with Gasteiger partial charge in [-0.2, -0.15) is 5.26 Å². The molecule has 0 fully saturated rings. The van der Waals surface area contributed by atoms with Gasteiger partial charge >= 0.3 is 0 Å². The number of rotatable bonds is 2. The van der Waals surface area contributed by atoms with Crippen molar-refractivity contribution >= 4 is 34.8 Å². The van der Waals surface area contributed by atoms with Gasteiger partial charge in [-0.1, -0.05) is 46.9 Å². The van der Waals surface area contributed by atoms with Gasteiger partial charge in [0.15, 0.2) is 0 Å². The van der Waals surface area contributed by atoms with E-state index in [0.717, 1.165) is 5.56 Å². The van der Waals surface area contributed by atoms with Crippen LogP contribution in [0.3, 0.4) is 0 Å². The highest BCUT2D eigenvalue weighted by molar-refractivity contribution is 6.50. The molecule has 0 aliphatic carbocycles. The number of benzene rings is 1. The molecule has 0 heterocycles. The minimum absolute atomic E-state index is 0.295. The van der Waals surface area contributed by atoms with Crippen LogP contribution in [0.15, 0.2) is 24.3 Å². The van der Waals surface area contributed by atoms with Gasteiger partial charge in [0, 0.05) is 11.4 Å². The normalized spacial score (nSPS) is 10.9. The molecule has 1 nitrogen and oxygen atoms in total. The van der Waals surface area contributed by atoms with Gasteiger partial charge in [0.25, 0.3) is 0 Å². The van der Waals surface area contributed by atoms with E-state index in [1.807, 2.05) is 0 Å². The maximum Gasteiger partial charge on any atom is 0.207 e. The van der Waals surface area contributed by atoms with Gasteiger partial charge in [-0.25, -0.2) is 0 Å². The Morgan fingerprint density at radius 2 is 1.77 bits per heavy atom. The van der Waals surface area contributed by atoms with Gasteiger partial charge in [-0.15, -0.1) is 0 Å². The molecule has 1 aromatic carbocycles. The molecule has 4 heteroatoms. The number of nitriles is 1. The number of nitrogens with zero attached hydrogens (tertiary/aromatic N) is 1.